The molecule has 1 aromatic rings. The van der Waals surface area contributed by atoms with E-state index in [1.54, 1.807) is 24.4 Å². The molecule has 1 N–H and O–H groups in total. The van der Waals surface area contributed by atoms with E-state index in [4.69, 9.17) is 14.9 Å². The minimum atomic E-state index is -1.91. The topological polar surface area (TPSA) is 127 Å². The molecule has 0 radical (unpaired) electrons. The standard InChI is InChI=1S/C20H19N5O2/c21-11-18(12-22)16(14-7-4-6-10-25-14)26-20-9-5-2-1-3-8-15(20)19(18,13-23)17(24)27-20/h4,6-7,10,15-16,24H,1-3,5,8-9H2. The second kappa shape index (κ2) is 6.05. The van der Waals surface area contributed by atoms with Gasteiger partial charge in [0.05, 0.1) is 29.8 Å². The third kappa shape index (κ3) is 2.02. The molecule has 4 atom stereocenters. The summed E-state index contributed by atoms with van der Waals surface area (Å²) in [5, 5.41) is 39.0. The summed E-state index contributed by atoms with van der Waals surface area (Å²) in [6.45, 7) is 0. The van der Waals surface area contributed by atoms with Crippen molar-refractivity contribution >= 4 is 5.90 Å². The lowest BCUT2D eigenvalue weighted by Crippen LogP contribution is -2.59. The maximum absolute atomic E-state index is 10.2. The summed E-state index contributed by atoms with van der Waals surface area (Å²) in [7, 11) is 0. The molecule has 7 heteroatoms. The first-order chi connectivity index (χ1) is 13.1. The molecule has 0 aromatic carbocycles. The fourth-order valence-corrected chi connectivity index (χ4v) is 5.01. The number of hydrogen-bond acceptors (Lipinski definition) is 7. The van der Waals surface area contributed by atoms with E-state index in [9.17, 15) is 15.8 Å². The maximum atomic E-state index is 10.2. The van der Waals surface area contributed by atoms with E-state index in [2.05, 4.69) is 23.2 Å². The molecule has 4 rings (SSSR count). The lowest BCUT2D eigenvalue weighted by atomic mass is 9.52. The predicted octanol–water partition coefficient (Wildman–Crippen LogP) is 3.37. The molecule has 1 aliphatic carbocycles. The smallest absolute Gasteiger partial charge is 0.217 e. The van der Waals surface area contributed by atoms with Crippen LogP contribution in [0.3, 0.4) is 0 Å². The van der Waals surface area contributed by atoms with E-state index in [1.807, 2.05) is 0 Å². The van der Waals surface area contributed by atoms with Gasteiger partial charge in [0.1, 0.15) is 6.10 Å². The Hall–Kier alpha value is -2.95. The highest BCUT2D eigenvalue weighted by Crippen LogP contribution is 2.68. The number of nitrogens with zero attached hydrogens (tertiary/aromatic N) is 4. The van der Waals surface area contributed by atoms with Gasteiger partial charge >= 0.3 is 0 Å². The fourth-order valence-electron chi connectivity index (χ4n) is 5.01. The van der Waals surface area contributed by atoms with Gasteiger partial charge in [0.15, 0.2) is 5.41 Å². The van der Waals surface area contributed by atoms with E-state index in [0.717, 1.165) is 25.7 Å². The predicted molar refractivity (Wildman–Crippen MR) is 92.5 cm³/mol. The van der Waals surface area contributed by atoms with E-state index in [-0.39, 0.29) is 5.90 Å². The summed E-state index contributed by atoms with van der Waals surface area (Å²) < 4.78 is 12.3. The molecule has 4 unspecified atom stereocenters. The molecule has 0 spiro atoms. The Kier molecular flexibility index (Phi) is 3.91. The van der Waals surface area contributed by atoms with Gasteiger partial charge < -0.3 is 9.47 Å². The van der Waals surface area contributed by atoms with Crippen molar-refractivity contribution in [3.8, 4) is 18.2 Å². The molecule has 2 aliphatic heterocycles. The molecular formula is C20H19N5O2. The molecule has 0 amide bonds. The van der Waals surface area contributed by atoms with Crippen LogP contribution >= 0.6 is 0 Å². The summed E-state index contributed by atoms with van der Waals surface area (Å²) >= 11 is 0. The molecule has 27 heavy (non-hydrogen) atoms. The third-order valence-corrected chi connectivity index (χ3v) is 6.27. The van der Waals surface area contributed by atoms with Crippen LogP contribution in [-0.2, 0) is 9.47 Å². The number of hydrogen-bond donors (Lipinski definition) is 1. The number of aromatic nitrogens is 1. The molecule has 3 heterocycles. The zero-order valence-corrected chi connectivity index (χ0v) is 14.8. The largest absolute Gasteiger partial charge is 0.447 e. The summed E-state index contributed by atoms with van der Waals surface area (Å²) in [5.41, 5.74) is -3.18. The van der Waals surface area contributed by atoms with Crippen molar-refractivity contribution in [1.29, 1.82) is 21.2 Å². The molecule has 1 saturated carbocycles. The van der Waals surface area contributed by atoms with Crippen LogP contribution in [0.5, 0.6) is 0 Å². The Morgan fingerprint density at radius 3 is 2.52 bits per heavy atom. The Morgan fingerprint density at radius 1 is 1.07 bits per heavy atom. The van der Waals surface area contributed by atoms with Crippen molar-refractivity contribution in [2.45, 2.75) is 50.4 Å². The minimum Gasteiger partial charge on any atom is -0.447 e. The van der Waals surface area contributed by atoms with Gasteiger partial charge in [0.2, 0.25) is 17.1 Å². The van der Waals surface area contributed by atoms with E-state index in [1.165, 1.54) is 0 Å². The lowest BCUT2D eigenvalue weighted by molar-refractivity contribution is -0.289. The summed E-state index contributed by atoms with van der Waals surface area (Å²) in [6.07, 6.45) is 5.32. The minimum absolute atomic E-state index is 0.321. The number of ether oxygens (including phenoxy) is 2. The quantitative estimate of drug-likeness (QED) is 0.817. The Balaban J connectivity index is 1.99. The highest BCUT2D eigenvalue weighted by Gasteiger charge is 2.80. The summed E-state index contributed by atoms with van der Waals surface area (Å²) in [5.74, 6) is -2.01. The summed E-state index contributed by atoms with van der Waals surface area (Å²) in [6, 6.07) is 11.5. The maximum Gasteiger partial charge on any atom is 0.217 e. The van der Waals surface area contributed by atoms with Crippen molar-refractivity contribution in [3.05, 3.63) is 30.1 Å². The molecular weight excluding hydrogens is 342 g/mol. The highest BCUT2D eigenvalue weighted by atomic mass is 16.7. The average molecular weight is 361 g/mol. The highest BCUT2D eigenvalue weighted by molar-refractivity contribution is 5.89. The molecule has 3 fully saturated rings. The van der Waals surface area contributed by atoms with Crippen LogP contribution in [0.25, 0.3) is 0 Å². The molecule has 1 aromatic heterocycles. The van der Waals surface area contributed by atoms with E-state index >= 15 is 0 Å². The normalized spacial score (nSPS) is 36.7. The first kappa shape index (κ1) is 17.5. The van der Waals surface area contributed by atoms with Gasteiger partial charge in [-0.15, -0.1) is 0 Å². The van der Waals surface area contributed by atoms with Crippen LogP contribution in [0.4, 0.5) is 0 Å². The Morgan fingerprint density at radius 2 is 1.85 bits per heavy atom. The van der Waals surface area contributed by atoms with Crippen LogP contribution in [0.1, 0.15) is 50.3 Å². The van der Waals surface area contributed by atoms with Crippen LogP contribution in [0.2, 0.25) is 0 Å². The lowest BCUT2D eigenvalue weighted by Gasteiger charge is -2.50. The van der Waals surface area contributed by atoms with Crippen molar-refractivity contribution in [3.63, 3.8) is 0 Å². The van der Waals surface area contributed by atoms with Gasteiger partial charge in [-0.3, -0.25) is 10.4 Å². The number of pyridine rings is 1. The van der Waals surface area contributed by atoms with E-state index in [0.29, 0.717) is 18.5 Å². The van der Waals surface area contributed by atoms with Gasteiger partial charge in [0.25, 0.3) is 0 Å². The van der Waals surface area contributed by atoms with Crippen LogP contribution in [0.15, 0.2) is 24.4 Å². The fraction of sp³-hybridized carbons (Fsp3) is 0.550. The van der Waals surface area contributed by atoms with Crippen molar-refractivity contribution < 1.29 is 9.47 Å². The molecule has 2 saturated heterocycles. The number of rotatable bonds is 1. The third-order valence-electron chi connectivity index (χ3n) is 6.27. The Bertz CT molecular complexity index is 882. The van der Waals surface area contributed by atoms with Gasteiger partial charge in [0, 0.05) is 12.6 Å². The molecule has 2 bridgehead atoms. The number of nitriles is 3. The summed E-state index contributed by atoms with van der Waals surface area (Å²) in [4.78, 5) is 4.29. The zero-order valence-electron chi connectivity index (χ0n) is 14.8. The van der Waals surface area contributed by atoms with Crippen molar-refractivity contribution in [2.75, 3.05) is 0 Å². The van der Waals surface area contributed by atoms with Crippen molar-refractivity contribution in [2.24, 2.45) is 16.7 Å². The van der Waals surface area contributed by atoms with Gasteiger partial charge in [-0.05, 0) is 25.0 Å². The second-order valence-corrected chi connectivity index (χ2v) is 7.45. The van der Waals surface area contributed by atoms with Crippen LogP contribution in [0, 0.1) is 56.2 Å². The van der Waals surface area contributed by atoms with Crippen LogP contribution < -0.4 is 0 Å². The molecule has 136 valence electrons. The van der Waals surface area contributed by atoms with E-state index < -0.39 is 28.6 Å². The van der Waals surface area contributed by atoms with Crippen LogP contribution in [-0.4, -0.2) is 16.7 Å². The molecule has 3 aliphatic rings. The SMILES string of the molecule is N#CC1(C#N)C(c2ccccn2)OC23CCCCCCC2C1(C#N)C(=N)O3. The van der Waals surface area contributed by atoms with Gasteiger partial charge in [-0.1, -0.05) is 25.3 Å². The zero-order chi connectivity index (χ0) is 19.1. The molecule has 7 nitrogen and oxygen atoms in total. The first-order valence-corrected chi connectivity index (χ1v) is 9.21. The first-order valence-electron chi connectivity index (χ1n) is 9.21. The Labute approximate surface area is 157 Å². The van der Waals surface area contributed by atoms with Crippen molar-refractivity contribution in [1.82, 2.24) is 4.98 Å². The second-order valence-electron chi connectivity index (χ2n) is 7.45. The van der Waals surface area contributed by atoms with Gasteiger partial charge in [-0.2, -0.15) is 15.8 Å². The number of nitrogens with one attached hydrogen (secondary N) is 1. The van der Waals surface area contributed by atoms with Gasteiger partial charge in [-0.25, -0.2) is 0 Å². The average Bonchev–Trinajstić information content (AvgIpc) is 2.86. The monoisotopic (exact) mass is 361 g/mol.